The number of hydrogen-bond acceptors (Lipinski definition) is 3. The summed E-state index contributed by atoms with van der Waals surface area (Å²) >= 11 is 0. The number of amides is 1. The van der Waals surface area contributed by atoms with Gasteiger partial charge in [-0.15, -0.1) is 0 Å². The first kappa shape index (κ1) is 18.0. The summed E-state index contributed by atoms with van der Waals surface area (Å²) < 4.78 is 3.21. The highest BCUT2D eigenvalue weighted by Gasteiger charge is 2.33. The van der Waals surface area contributed by atoms with Crippen molar-refractivity contribution in [2.45, 2.75) is 51.0 Å². The second-order valence-corrected chi connectivity index (χ2v) is 7.94. The van der Waals surface area contributed by atoms with Gasteiger partial charge < -0.3 is 4.90 Å². The van der Waals surface area contributed by atoms with Gasteiger partial charge in [-0.05, 0) is 31.2 Å². The normalized spacial score (nSPS) is 20.9. The molecule has 2 fully saturated rings. The van der Waals surface area contributed by atoms with E-state index in [9.17, 15) is 9.59 Å². The molecule has 1 atom stereocenters. The molecular formula is C21H28N4O2. The number of carbonyl (C=O) groups excluding carboxylic acids is 1. The fraction of sp³-hybridized carbons (Fsp3) is 0.571. The van der Waals surface area contributed by atoms with Gasteiger partial charge in [0.15, 0.2) is 0 Å². The number of aromatic nitrogens is 3. The van der Waals surface area contributed by atoms with E-state index in [1.165, 1.54) is 17.5 Å². The topological polar surface area (TPSA) is 60.1 Å². The first-order chi connectivity index (χ1) is 13.1. The predicted molar refractivity (Wildman–Crippen MR) is 104 cm³/mol. The minimum Gasteiger partial charge on any atom is -0.342 e. The Morgan fingerprint density at radius 3 is 2.59 bits per heavy atom. The molecule has 4 rings (SSSR count). The standard InChI is InChI=1S/C21H28N4O2/c1-23-21(27)25(14-16-8-3-2-4-9-16)19(22-23)18-12-7-13-24(15-18)20(26)17-10-5-6-11-17/h2-4,8-9,17-18H,5-7,10-15H2,1H3. The molecule has 0 spiro atoms. The highest BCUT2D eigenvalue weighted by atomic mass is 16.2. The van der Waals surface area contributed by atoms with Gasteiger partial charge in [-0.3, -0.25) is 9.36 Å². The molecule has 1 amide bonds. The summed E-state index contributed by atoms with van der Waals surface area (Å²) in [6.07, 6.45) is 6.35. The number of rotatable bonds is 4. The maximum Gasteiger partial charge on any atom is 0.345 e. The maximum atomic E-state index is 12.9. The minimum absolute atomic E-state index is 0.0897. The molecule has 144 valence electrons. The Morgan fingerprint density at radius 2 is 1.85 bits per heavy atom. The van der Waals surface area contributed by atoms with Crippen molar-refractivity contribution in [3.63, 3.8) is 0 Å². The molecule has 27 heavy (non-hydrogen) atoms. The highest BCUT2D eigenvalue weighted by Crippen LogP contribution is 2.31. The van der Waals surface area contributed by atoms with Crippen molar-refractivity contribution in [3.05, 3.63) is 52.2 Å². The summed E-state index contributed by atoms with van der Waals surface area (Å²) in [6, 6.07) is 10.0. The second kappa shape index (κ2) is 7.71. The molecule has 6 heteroatoms. The van der Waals surface area contributed by atoms with E-state index in [0.717, 1.165) is 43.6 Å². The number of nitrogens with zero attached hydrogens (tertiary/aromatic N) is 4. The molecule has 2 aromatic rings. The van der Waals surface area contributed by atoms with Crippen LogP contribution in [0.4, 0.5) is 0 Å². The average molecular weight is 368 g/mol. The number of piperidine rings is 1. The van der Waals surface area contributed by atoms with E-state index in [1.807, 2.05) is 35.2 Å². The van der Waals surface area contributed by atoms with Gasteiger partial charge in [-0.25, -0.2) is 9.48 Å². The lowest BCUT2D eigenvalue weighted by atomic mass is 9.95. The molecule has 2 heterocycles. The Kier molecular flexibility index (Phi) is 5.14. The Balaban J connectivity index is 1.56. The average Bonchev–Trinajstić information content (AvgIpc) is 3.33. The SMILES string of the molecule is Cn1nc(C2CCCN(C(=O)C3CCCC3)C2)n(Cc2ccccc2)c1=O. The summed E-state index contributed by atoms with van der Waals surface area (Å²) in [5.41, 5.74) is 0.997. The summed E-state index contributed by atoms with van der Waals surface area (Å²) in [5.74, 6) is 1.46. The molecule has 6 nitrogen and oxygen atoms in total. The Hall–Kier alpha value is -2.37. The summed E-state index contributed by atoms with van der Waals surface area (Å²) in [5, 5.41) is 4.55. The number of aryl methyl sites for hydroxylation is 1. The van der Waals surface area contributed by atoms with Crippen LogP contribution >= 0.6 is 0 Å². The fourth-order valence-electron chi connectivity index (χ4n) is 4.56. The lowest BCUT2D eigenvalue weighted by molar-refractivity contribution is -0.136. The van der Waals surface area contributed by atoms with Crippen LogP contribution in [0.15, 0.2) is 35.1 Å². The van der Waals surface area contributed by atoms with Gasteiger partial charge in [0.25, 0.3) is 0 Å². The number of benzene rings is 1. The molecule has 1 saturated heterocycles. The maximum absolute atomic E-state index is 12.9. The van der Waals surface area contributed by atoms with Gasteiger partial charge in [0, 0.05) is 32.0 Å². The van der Waals surface area contributed by atoms with Gasteiger partial charge >= 0.3 is 5.69 Å². The van der Waals surface area contributed by atoms with Crippen molar-refractivity contribution in [1.82, 2.24) is 19.2 Å². The molecule has 0 radical (unpaired) electrons. The monoisotopic (exact) mass is 368 g/mol. The smallest absolute Gasteiger partial charge is 0.342 e. The Morgan fingerprint density at radius 1 is 1.11 bits per heavy atom. The van der Waals surface area contributed by atoms with Crippen molar-refractivity contribution in [2.24, 2.45) is 13.0 Å². The number of carbonyl (C=O) groups is 1. The first-order valence-electron chi connectivity index (χ1n) is 10.1. The number of hydrogen-bond donors (Lipinski definition) is 0. The number of likely N-dealkylation sites (tertiary alicyclic amines) is 1. The van der Waals surface area contributed by atoms with Crippen LogP contribution in [0.25, 0.3) is 0 Å². The summed E-state index contributed by atoms with van der Waals surface area (Å²) in [4.78, 5) is 27.5. The van der Waals surface area contributed by atoms with Crippen molar-refractivity contribution in [3.8, 4) is 0 Å². The zero-order valence-electron chi connectivity index (χ0n) is 16.0. The molecule has 1 saturated carbocycles. The van der Waals surface area contributed by atoms with Crippen LogP contribution in [0.1, 0.15) is 55.8 Å². The zero-order valence-corrected chi connectivity index (χ0v) is 16.0. The van der Waals surface area contributed by atoms with Crippen molar-refractivity contribution >= 4 is 5.91 Å². The van der Waals surface area contributed by atoms with Crippen LogP contribution in [0.5, 0.6) is 0 Å². The quantitative estimate of drug-likeness (QED) is 0.833. The third-order valence-electron chi connectivity index (χ3n) is 6.02. The van der Waals surface area contributed by atoms with E-state index in [4.69, 9.17) is 0 Å². The van der Waals surface area contributed by atoms with Gasteiger partial charge in [-0.1, -0.05) is 43.2 Å². The lowest BCUT2D eigenvalue weighted by Crippen LogP contribution is -2.42. The van der Waals surface area contributed by atoms with E-state index in [2.05, 4.69) is 5.10 Å². The largest absolute Gasteiger partial charge is 0.345 e. The van der Waals surface area contributed by atoms with Crippen LogP contribution in [-0.4, -0.2) is 38.2 Å². The molecule has 1 unspecified atom stereocenters. The molecule has 1 aliphatic carbocycles. The molecular weight excluding hydrogens is 340 g/mol. The van der Waals surface area contributed by atoms with E-state index in [0.29, 0.717) is 19.0 Å². The predicted octanol–water partition coefficient (Wildman–Crippen LogP) is 2.53. The Bertz CT molecular complexity index is 849. The summed E-state index contributed by atoms with van der Waals surface area (Å²) in [6.45, 7) is 2.04. The Labute approximate surface area is 159 Å². The van der Waals surface area contributed by atoms with E-state index in [1.54, 1.807) is 11.6 Å². The van der Waals surface area contributed by atoms with Crippen molar-refractivity contribution < 1.29 is 4.79 Å². The van der Waals surface area contributed by atoms with E-state index in [-0.39, 0.29) is 17.5 Å². The van der Waals surface area contributed by atoms with E-state index >= 15 is 0 Å². The van der Waals surface area contributed by atoms with Crippen molar-refractivity contribution in [1.29, 1.82) is 0 Å². The zero-order chi connectivity index (χ0) is 18.8. The van der Waals surface area contributed by atoms with Gasteiger partial charge in [0.05, 0.1) is 6.54 Å². The van der Waals surface area contributed by atoms with Gasteiger partial charge in [0.1, 0.15) is 5.82 Å². The van der Waals surface area contributed by atoms with Crippen LogP contribution in [0.2, 0.25) is 0 Å². The molecule has 2 aliphatic rings. The third kappa shape index (κ3) is 3.70. The molecule has 1 aromatic heterocycles. The molecule has 0 bridgehead atoms. The van der Waals surface area contributed by atoms with Crippen LogP contribution in [0, 0.1) is 5.92 Å². The highest BCUT2D eigenvalue weighted by molar-refractivity contribution is 5.79. The lowest BCUT2D eigenvalue weighted by Gasteiger charge is -2.34. The van der Waals surface area contributed by atoms with Crippen LogP contribution < -0.4 is 5.69 Å². The van der Waals surface area contributed by atoms with Crippen molar-refractivity contribution in [2.75, 3.05) is 13.1 Å². The molecule has 1 aromatic carbocycles. The first-order valence-corrected chi connectivity index (χ1v) is 10.1. The molecule has 0 N–H and O–H groups in total. The van der Waals surface area contributed by atoms with Crippen LogP contribution in [-0.2, 0) is 18.4 Å². The molecule has 1 aliphatic heterocycles. The minimum atomic E-state index is -0.0897. The van der Waals surface area contributed by atoms with Gasteiger partial charge in [-0.2, -0.15) is 5.10 Å². The van der Waals surface area contributed by atoms with Gasteiger partial charge in [0.2, 0.25) is 5.91 Å². The second-order valence-electron chi connectivity index (χ2n) is 7.94. The van der Waals surface area contributed by atoms with Crippen LogP contribution in [0.3, 0.4) is 0 Å². The van der Waals surface area contributed by atoms with E-state index < -0.39 is 0 Å². The third-order valence-corrected chi connectivity index (χ3v) is 6.02. The fourth-order valence-corrected chi connectivity index (χ4v) is 4.56. The summed E-state index contributed by atoms with van der Waals surface area (Å²) in [7, 11) is 1.71.